The van der Waals surface area contributed by atoms with Gasteiger partial charge in [0, 0.05) is 45.2 Å². The van der Waals surface area contributed by atoms with Crippen LogP contribution in [0.3, 0.4) is 0 Å². The average molecular weight is 306 g/mol. The van der Waals surface area contributed by atoms with Gasteiger partial charge in [-0.15, -0.1) is 0 Å². The van der Waals surface area contributed by atoms with E-state index in [2.05, 4.69) is 15.2 Å². The van der Waals surface area contributed by atoms with Crippen LogP contribution in [0, 0.1) is 0 Å². The van der Waals surface area contributed by atoms with E-state index in [0.29, 0.717) is 19.6 Å². The van der Waals surface area contributed by atoms with Crippen LogP contribution in [0.5, 0.6) is 0 Å². The molecule has 0 aliphatic carbocycles. The molecule has 0 unspecified atom stereocenters. The Balaban J connectivity index is 1.86. The number of aromatic nitrogens is 1. The van der Waals surface area contributed by atoms with Crippen LogP contribution in [-0.2, 0) is 11.3 Å². The smallest absolute Gasteiger partial charge is 0.317 e. The maximum absolute atomic E-state index is 12.4. The van der Waals surface area contributed by atoms with Crippen molar-refractivity contribution >= 4 is 6.03 Å². The minimum absolute atomic E-state index is 0.0406. The second-order valence-electron chi connectivity index (χ2n) is 5.90. The molecule has 22 heavy (non-hydrogen) atoms. The molecular weight excluding hydrogens is 280 g/mol. The highest BCUT2D eigenvalue weighted by Crippen LogP contribution is 2.13. The SMILES string of the molecule is CN(C)CCN(C[C@@H]1CCCO1)C(=O)NCc1cccnc1. The van der Waals surface area contributed by atoms with Crippen molar-refractivity contribution in [2.75, 3.05) is 40.3 Å². The van der Waals surface area contributed by atoms with Gasteiger partial charge in [0.15, 0.2) is 0 Å². The first kappa shape index (κ1) is 16.7. The van der Waals surface area contributed by atoms with Gasteiger partial charge in [0.1, 0.15) is 0 Å². The van der Waals surface area contributed by atoms with Crippen LogP contribution >= 0.6 is 0 Å². The van der Waals surface area contributed by atoms with Crippen LogP contribution in [0.4, 0.5) is 4.79 Å². The third-order valence-electron chi connectivity index (χ3n) is 3.72. The van der Waals surface area contributed by atoms with Crippen molar-refractivity contribution in [1.82, 2.24) is 20.1 Å². The van der Waals surface area contributed by atoms with Crippen molar-refractivity contribution in [1.29, 1.82) is 0 Å². The van der Waals surface area contributed by atoms with E-state index in [1.807, 2.05) is 31.1 Å². The second-order valence-corrected chi connectivity index (χ2v) is 5.90. The molecule has 0 saturated carbocycles. The quantitative estimate of drug-likeness (QED) is 0.826. The van der Waals surface area contributed by atoms with Crippen molar-refractivity contribution in [2.24, 2.45) is 0 Å². The molecule has 2 rings (SSSR count). The summed E-state index contributed by atoms with van der Waals surface area (Å²) in [7, 11) is 4.02. The molecule has 122 valence electrons. The molecule has 0 radical (unpaired) electrons. The van der Waals surface area contributed by atoms with Gasteiger partial charge in [0.25, 0.3) is 0 Å². The van der Waals surface area contributed by atoms with E-state index in [1.54, 1.807) is 12.4 Å². The van der Waals surface area contributed by atoms with Crippen LogP contribution < -0.4 is 5.32 Å². The first-order valence-electron chi connectivity index (χ1n) is 7.83. The molecule has 0 spiro atoms. The van der Waals surface area contributed by atoms with Crippen LogP contribution in [0.2, 0.25) is 0 Å². The van der Waals surface area contributed by atoms with Gasteiger partial charge in [-0.3, -0.25) is 4.98 Å². The number of ether oxygens (including phenoxy) is 1. The number of carbonyl (C=O) groups excluding carboxylic acids is 1. The fourth-order valence-electron chi connectivity index (χ4n) is 2.42. The number of amides is 2. The number of rotatable bonds is 7. The molecule has 1 aromatic rings. The van der Waals surface area contributed by atoms with E-state index < -0.39 is 0 Å². The number of likely N-dealkylation sites (N-methyl/N-ethyl adjacent to an activating group) is 1. The van der Waals surface area contributed by atoms with E-state index in [-0.39, 0.29) is 12.1 Å². The molecule has 1 saturated heterocycles. The van der Waals surface area contributed by atoms with E-state index in [1.165, 1.54) is 0 Å². The highest BCUT2D eigenvalue weighted by atomic mass is 16.5. The van der Waals surface area contributed by atoms with Crippen LogP contribution in [-0.4, -0.2) is 67.3 Å². The summed E-state index contributed by atoms with van der Waals surface area (Å²) in [5.41, 5.74) is 1.00. The zero-order valence-electron chi connectivity index (χ0n) is 13.5. The molecule has 6 heteroatoms. The summed E-state index contributed by atoms with van der Waals surface area (Å²) in [5.74, 6) is 0. The van der Waals surface area contributed by atoms with Crippen molar-refractivity contribution in [2.45, 2.75) is 25.5 Å². The van der Waals surface area contributed by atoms with Crippen LogP contribution in [0.25, 0.3) is 0 Å². The molecule has 6 nitrogen and oxygen atoms in total. The number of nitrogens with one attached hydrogen (secondary N) is 1. The number of hydrogen-bond acceptors (Lipinski definition) is 4. The maximum Gasteiger partial charge on any atom is 0.317 e. The summed E-state index contributed by atoms with van der Waals surface area (Å²) < 4.78 is 5.66. The Morgan fingerprint density at radius 1 is 1.45 bits per heavy atom. The van der Waals surface area contributed by atoms with Crippen molar-refractivity contribution < 1.29 is 9.53 Å². The number of pyridine rings is 1. The Morgan fingerprint density at radius 3 is 2.95 bits per heavy atom. The van der Waals surface area contributed by atoms with E-state index in [0.717, 1.165) is 31.6 Å². The number of carbonyl (C=O) groups is 1. The molecule has 2 heterocycles. The highest BCUT2D eigenvalue weighted by Gasteiger charge is 2.22. The summed E-state index contributed by atoms with van der Waals surface area (Å²) in [5, 5.41) is 2.97. The topological polar surface area (TPSA) is 57.7 Å². The Morgan fingerprint density at radius 2 is 2.32 bits per heavy atom. The standard InChI is InChI=1S/C16H26N4O2/c1-19(2)8-9-20(13-15-6-4-10-22-15)16(21)18-12-14-5-3-7-17-11-14/h3,5,7,11,15H,4,6,8-10,12-13H2,1-2H3,(H,18,21)/t15-/m0/s1. The minimum atomic E-state index is -0.0406. The summed E-state index contributed by atoms with van der Waals surface area (Å²) in [6.07, 6.45) is 5.79. The molecule has 1 aliphatic heterocycles. The Kier molecular flexibility index (Phi) is 6.61. The summed E-state index contributed by atoms with van der Waals surface area (Å²) in [4.78, 5) is 20.4. The number of nitrogens with zero attached hydrogens (tertiary/aromatic N) is 3. The maximum atomic E-state index is 12.4. The lowest BCUT2D eigenvalue weighted by Gasteiger charge is -2.27. The van der Waals surface area contributed by atoms with Gasteiger partial charge in [-0.05, 0) is 38.6 Å². The zero-order chi connectivity index (χ0) is 15.8. The fraction of sp³-hybridized carbons (Fsp3) is 0.625. The molecule has 2 amide bonds. The van der Waals surface area contributed by atoms with Gasteiger partial charge >= 0.3 is 6.03 Å². The average Bonchev–Trinajstić information content (AvgIpc) is 3.03. The van der Waals surface area contributed by atoms with Gasteiger partial charge < -0.3 is 19.9 Å². The molecule has 1 aromatic heterocycles. The summed E-state index contributed by atoms with van der Waals surface area (Å²) in [6.45, 7) is 3.51. The van der Waals surface area contributed by atoms with E-state index >= 15 is 0 Å². The second kappa shape index (κ2) is 8.70. The van der Waals surface area contributed by atoms with Gasteiger partial charge in [0.2, 0.25) is 0 Å². The fourth-order valence-corrected chi connectivity index (χ4v) is 2.42. The Bertz CT molecular complexity index is 447. The first-order chi connectivity index (χ1) is 10.6. The molecule has 0 aromatic carbocycles. The van der Waals surface area contributed by atoms with Crippen LogP contribution in [0.15, 0.2) is 24.5 Å². The van der Waals surface area contributed by atoms with Crippen LogP contribution in [0.1, 0.15) is 18.4 Å². The van der Waals surface area contributed by atoms with E-state index in [4.69, 9.17) is 4.74 Å². The normalized spacial score (nSPS) is 17.7. The Labute approximate surface area is 132 Å². The zero-order valence-corrected chi connectivity index (χ0v) is 13.5. The molecule has 1 atom stereocenters. The minimum Gasteiger partial charge on any atom is -0.376 e. The highest BCUT2D eigenvalue weighted by molar-refractivity contribution is 5.74. The predicted octanol–water partition coefficient (Wildman–Crippen LogP) is 1.33. The van der Waals surface area contributed by atoms with Gasteiger partial charge in [-0.1, -0.05) is 6.07 Å². The molecule has 1 fully saturated rings. The lowest BCUT2D eigenvalue weighted by Crippen LogP contribution is -2.46. The predicted molar refractivity (Wildman–Crippen MR) is 85.6 cm³/mol. The Hall–Kier alpha value is -1.66. The molecule has 1 N–H and O–H groups in total. The monoisotopic (exact) mass is 306 g/mol. The molecule has 1 aliphatic rings. The molecule has 0 bridgehead atoms. The third-order valence-corrected chi connectivity index (χ3v) is 3.72. The first-order valence-corrected chi connectivity index (χ1v) is 7.83. The van der Waals surface area contributed by atoms with Gasteiger partial charge in [-0.2, -0.15) is 0 Å². The van der Waals surface area contributed by atoms with Crippen molar-refractivity contribution in [3.05, 3.63) is 30.1 Å². The summed E-state index contributed by atoms with van der Waals surface area (Å²) in [6, 6.07) is 3.79. The van der Waals surface area contributed by atoms with Crippen molar-refractivity contribution in [3.63, 3.8) is 0 Å². The number of urea groups is 1. The molecular formula is C16H26N4O2. The van der Waals surface area contributed by atoms with Gasteiger partial charge in [0.05, 0.1) is 6.10 Å². The van der Waals surface area contributed by atoms with Gasteiger partial charge in [-0.25, -0.2) is 4.79 Å². The largest absolute Gasteiger partial charge is 0.376 e. The lowest BCUT2D eigenvalue weighted by atomic mass is 10.2. The number of hydrogen-bond donors (Lipinski definition) is 1. The van der Waals surface area contributed by atoms with E-state index in [9.17, 15) is 4.79 Å². The lowest BCUT2D eigenvalue weighted by molar-refractivity contribution is 0.0795. The van der Waals surface area contributed by atoms with Crippen molar-refractivity contribution in [3.8, 4) is 0 Å². The summed E-state index contributed by atoms with van der Waals surface area (Å²) >= 11 is 0. The third kappa shape index (κ3) is 5.61.